The third-order valence-electron chi connectivity index (χ3n) is 5.25. The van der Waals surface area contributed by atoms with E-state index in [1.165, 1.54) is 12.1 Å². The molecule has 3 rings (SSSR count). The zero-order valence-electron chi connectivity index (χ0n) is 18.2. The van der Waals surface area contributed by atoms with Gasteiger partial charge in [-0.1, -0.05) is 32.9 Å². The van der Waals surface area contributed by atoms with Crippen LogP contribution >= 0.6 is 0 Å². The molecule has 9 heteroatoms. The Hall–Kier alpha value is -2.78. The molecule has 2 heterocycles. The zero-order valence-corrected chi connectivity index (χ0v) is 19.0. The van der Waals surface area contributed by atoms with Crippen LogP contribution < -0.4 is 0 Å². The van der Waals surface area contributed by atoms with E-state index in [1.807, 2.05) is 31.4 Å². The van der Waals surface area contributed by atoms with E-state index in [0.717, 1.165) is 26.7 Å². The second-order valence-electron chi connectivity index (χ2n) is 7.95. The van der Waals surface area contributed by atoms with Crippen LogP contribution in [0.3, 0.4) is 0 Å². The summed E-state index contributed by atoms with van der Waals surface area (Å²) in [5, 5.41) is 9.62. The van der Waals surface area contributed by atoms with Crippen LogP contribution in [0.15, 0.2) is 47.6 Å². The summed E-state index contributed by atoms with van der Waals surface area (Å²) in [7, 11) is -3.94. The lowest BCUT2D eigenvalue weighted by Gasteiger charge is -2.28. The van der Waals surface area contributed by atoms with Gasteiger partial charge in [-0.15, -0.1) is 0 Å². The summed E-state index contributed by atoms with van der Waals surface area (Å²) < 4.78 is 29.5. The van der Waals surface area contributed by atoms with Crippen LogP contribution in [0.1, 0.15) is 38.6 Å². The van der Waals surface area contributed by atoms with Crippen LogP contribution in [0, 0.1) is 12.8 Å². The smallest absolute Gasteiger partial charge is 0.322 e. The number of fused-ring (bicyclic) bond motifs is 1. The quantitative estimate of drug-likeness (QED) is 0.543. The van der Waals surface area contributed by atoms with Gasteiger partial charge in [-0.25, -0.2) is 13.4 Å². The number of aryl methyl sites for hydroxylation is 1. The molecule has 2 aromatic heterocycles. The Morgan fingerprint density at radius 2 is 1.87 bits per heavy atom. The van der Waals surface area contributed by atoms with Crippen LogP contribution in [0.25, 0.3) is 11.0 Å². The fraction of sp³-hybridized carbons (Fsp3) is 0.409. The third-order valence-corrected chi connectivity index (χ3v) is 7.25. The van der Waals surface area contributed by atoms with Crippen molar-refractivity contribution in [2.45, 2.75) is 51.6 Å². The maximum absolute atomic E-state index is 13.2. The molecule has 0 saturated carbocycles. The van der Waals surface area contributed by atoms with Crippen molar-refractivity contribution in [3.63, 3.8) is 0 Å². The van der Waals surface area contributed by atoms with Gasteiger partial charge in [-0.3, -0.25) is 9.78 Å². The molecule has 1 atom stereocenters. The molecule has 0 radical (unpaired) electrons. The summed E-state index contributed by atoms with van der Waals surface area (Å²) in [4.78, 5) is 20.4. The number of hydrogen-bond donors (Lipinski definition) is 1. The summed E-state index contributed by atoms with van der Waals surface area (Å²) in [6.07, 6.45) is 3.68. The van der Waals surface area contributed by atoms with E-state index in [2.05, 4.69) is 9.97 Å². The molecule has 31 heavy (non-hydrogen) atoms. The fourth-order valence-electron chi connectivity index (χ4n) is 3.73. The number of sulfonamides is 1. The standard InChI is InChI=1S/C22H28N4O4S/c1-5-26(21(22(27)28)12-15(2)3)31(29,30)18-8-6-17(7-9-18)14-25-16(4)24-19-13-23-11-10-20(19)25/h6-11,13,15,21H,5,12,14H2,1-4H3,(H,27,28)/t21-/m0/s1. The van der Waals surface area contributed by atoms with E-state index < -0.39 is 22.0 Å². The normalized spacial score (nSPS) is 13.2. The Morgan fingerprint density at radius 1 is 1.19 bits per heavy atom. The summed E-state index contributed by atoms with van der Waals surface area (Å²) in [5.41, 5.74) is 2.68. The number of imidazole rings is 1. The molecule has 0 spiro atoms. The number of carbonyl (C=O) groups is 1. The van der Waals surface area contributed by atoms with E-state index in [9.17, 15) is 18.3 Å². The lowest BCUT2D eigenvalue weighted by Crippen LogP contribution is -2.45. The average Bonchev–Trinajstić information content (AvgIpc) is 3.03. The van der Waals surface area contributed by atoms with Gasteiger partial charge in [0.2, 0.25) is 10.0 Å². The number of rotatable bonds is 9. The summed E-state index contributed by atoms with van der Waals surface area (Å²) >= 11 is 0. The van der Waals surface area contributed by atoms with Gasteiger partial charge in [-0.05, 0) is 43.0 Å². The van der Waals surface area contributed by atoms with Gasteiger partial charge in [-0.2, -0.15) is 4.31 Å². The van der Waals surface area contributed by atoms with Crippen molar-refractivity contribution < 1.29 is 18.3 Å². The highest BCUT2D eigenvalue weighted by Gasteiger charge is 2.35. The lowest BCUT2D eigenvalue weighted by atomic mass is 10.0. The highest BCUT2D eigenvalue weighted by molar-refractivity contribution is 7.89. The topological polar surface area (TPSA) is 105 Å². The number of carboxylic acids is 1. The van der Waals surface area contributed by atoms with Gasteiger partial charge < -0.3 is 9.67 Å². The van der Waals surface area contributed by atoms with E-state index in [0.29, 0.717) is 6.54 Å². The molecule has 0 bridgehead atoms. The van der Waals surface area contributed by atoms with Gasteiger partial charge in [0.05, 0.1) is 16.6 Å². The second-order valence-corrected chi connectivity index (χ2v) is 9.84. The monoisotopic (exact) mass is 444 g/mol. The molecule has 3 aromatic rings. The number of aromatic nitrogens is 3. The number of likely N-dealkylation sites (N-methyl/N-ethyl adjacent to an activating group) is 1. The van der Waals surface area contributed by atoms with Crippen molar-refractivity contribution in [2.24, 2.45) is 5.92 Å². The lowest BCUT2D eigenvalue weighted by molar-refractivity contribution is -0.142. The summed E-state index contributed by atoms with van der Waals surface area (Å²) in [6.45, 7) is 7.95. The average molecular weight is 445 g/mol. The number of hydrogen-bond acceptors (Lipinski definition) is 5. The van der Waals surface area contributed by atoms with Crippen molar-refractivity contribution in [3.8, 4) is 0 Å². The zero-order chi connectivity index (χ0) is 22.8. The van der Waals surface area contributed by atoms with E-state index in [1.54, 1.807) is 31.5 Å². The molecule has 0 unspecified atom stereocenters. The third kappa shape index (κ3) is 4.77. The summed E-state index contributed by atoms with van der Waals surface area (Å²) in [5.74, 6) is -0.237. The summed E-state index contributed by atoms with van der Waals surface area (Å²) in [6, 6.07) is 7.39. The minimum atomic E-state index is -3.94. The molecule has 166 valence electrons. The van der Waals surface area contributed by atoms with Gasteiger partial charge in [0, 0.05) is 19.3 Å². The molecular weight excluding hydrogens is 416 g/mol. The molecule has 0 aliphatic heterocycles. The fourth-order valence-corrected chi connectivity index (χ4v) is 5.33. The minimum Gasteiger partial charge on any atom is -0.480 e. The first kappa shape index (κ1) is 22.9. The van der Waals surface area contributed by atoms with E-state index in [-0.39, 0.29) is 23.8 Å². The number of benzene rings is 1. The number of aliphatic carboxylic acids is 1. The van der Waals surface area contributed by atoms with Gasteiger partial charge in [0.15, 0.2) is 0 Å². The highest BCUT2D eigenvalue weighted by atomic mass is 32.2. The van der Waals surface area contributed by atoms with Crippen molar-refractivity contribution in [1.82, 2.24) is 18.8 Å². The Kier molecular flexibility index (Phi) is 6.76. The van der Waals surface area contributed by atoms with Crippen LogP contribution in [0.2, 0.25) is 0 Å². The first-order valence-electron chi connectivity index (χ1n) is 10.3. The SMILES string of the molecule is CCN([C@@H](CC(C)C)C(=O)O)S(=O)(=O)c1ccc(Cn2c(C)nc3cnccc32)cc1. The molecule has 1 aromatic carbocycles. The van der Waals surface area contributed by atoms with Gasteiger partial charge in [0.25, 0.3) is 0 Å². The molecule has 0 saturated heterocycles. The number of nitrogens with zero attached hydrogens (tertiary/aromatic N) is 4. The van der Waals surface area contributed by atoms with Crippen molar-refractivity contribution in [3.05, 3.63) is 54.1 Å². The van der Waals surface area contributed by atoms with Crippen molar-refractivity contribution >= 4 is 27.0 Å². The first-order valence-corrected chi connectivity index (χ1v) is 11.7. The second kappa shape index (κ2) is 9.15. The minimum absolute atomic E-state index is 0.0520. The molecule has 0 aliphatic carbocycles. The Balaban J connectivity index is 1.88. The molecule has 0 aliphatic rings. The number of pyridine rings is 1. The Labute approximate surface area is 182 Å². The molecule has 8 nitrogen and oxygen atoms in total. The molecule has 0 fully saturated rings. The Morgan fingerprint density at radius 3 is 2.45 bits per heavy atom. The van der Waals surface area contributed by atoms with E-state index in [4.69, 9.17) is 0 Å². The molecule has 0 amide bonds. The van der Waals surface area contributed by atoms with Gasteiger partial charge >= 0.3 is 5.97 Å². The molecule has 1 N–H and O–H groups in total. The molecular formula is C22H28N4O4S. The predicted octanol–water partition coefficient (Wildman–Crippen LogP) is 3.30. The maximum Gasteiger partial charge on any atom is 0.322 e. The first-order chi connectivity index (χ1) is 14.6. The number of carboxylic acid groups (broad SMARTS) is 1. The van der Waals surface area contributed by atoms with Crippen molar-refractivity contribution in [1.29, 1.82) is 0 Å². The predicted molar refractivity (Wildman–Crippen MR) is 118 cm³/mol. The van der Waals surface area contributed by atoms with Crippen LogP contribution in [-0.4, -0.2) is 50.9 Å². The van der Waals surface area contributed by atoms with E-state index >= 15 is 0 Å². The highest BCUT2D eigenvalue weighted by Crippen LogP contribution is 2.23. The van der Waals surface area contributed by atoms with Crippen LogP contribution in [0.4, 0.5) is 0 Å². The largest absolute Gasteiger partial charge is 0.480 e. The van der Waals surface area contributed by atoms with Crippen molar-refractivity contribution in [2.75, 3.05) is 6.54 Å². The van der Waals surface area contributed by atoms with Crippen LogP contribution in [0.5, 0.6) is 0 Å². The van der Waals surface area contributed by atoms with Crippen LogP contribution in [-0.2, 0) is 21.4 Å². The maximum atomic E-state index is 13.2. The Bertz CT molecular complexity index is 1170. The van der Waals surface area contributed by atoms with Gasteiger partial charge in [0.1, 0.15) is 17.4 Å².